The first-order valence-corrected chi connectivity index (χ1v) is 4.46. The maximum Gasteiger partial charge on any atom is 0.0939 e. The number of benzene rings is 1. The van der Waals surface area contributed by atoms with Crippen molar-refractivity contribution in [1.82, 2.24) is 10.2 Å². The van der Waals surface area contributed by atoms with Crippen LogP contribution in [0.25, 0.3) is 10.9 Å². The van der Waals surface area contributed by atoms with Crippen LogP contribution < -0.4 is 5.73 Å². The third-order valence-corrected chi connectivity index (χ3v) is 2.33. The first kappa shape index (κ1) is 8.53. The van der Waals surface area contributed by atoms with E-state index in [9.17, 15) is 0 Å². The molecule has 1 atom stereocenters. The van der Waals surface area contributed by atoms with E-state index >= 15 is 0 Å². The van der Waals surface area contributed by atoms with Crippen LogP contribution in [0.5, 0.6) is 0 Å². The molecule has 3 N–H and O–H groups in total. The van der Waals surface area contributed by atoms with Gasteiger partial charge in [-0.3, -0.25) is 5.10 Å². The molecule has 0 aliphatic heterocycles. The SMILES string of the molecule is CC(N)c1[nH]nc2cccc(Cl)c12. The maximum absolute atomic E-state index is 6.03. The maximum atomic E-state index is 6.03. The number of nitrogens with one attached hydrogen (secondary N) is 1. The van der Waals surface area contributed by atoms with Crippen molar-refractivity contribution in [2.75, 3.05) is 0 Å². The van der Waals surface area contributed by atoms with Gasteiger partial charge in [0.05, 0.1) is 16.2 Å². The zero-order valence-electron chi connectivity index (χ0n) is 7.21. The molecule has 3 nitrogen and oxygen atoms in total. The van der Waals surface area contributed by atoms with Crippen molar-refractivity contribution in [2.45, 2.75) is 13.0 Å². The van der Waals surface area contributed by atoms with E-state index in [4.69, 9.17) is 17.3 Å². The molecule has 1 aromatic heterocycles. The fourth-order valence-corrected chi connectivity index (χ4v) is 1.65. The topological polar surface area (TPSA) is 54.7 Å². The van der Waals surface area contributed by atoms with Crippen LogP contribution in [0.3, 0.4) is 0 Å². The van der Waals surface area contributed by atoms with Crippen LogP contribution >= 0.6 is 11.6 Å². The molecular weight excluding hydrogens is 186 g/mol. The molecule has 4 heteroatoms. The van der Waals surface area contributed by atoms with Crippen molar-refractivity contribution in [3.05, 3.63) is 28.9 Å². The van der Waals surface area contributed by atoms with Crippen molar-refractivity contribution < 1.29 is 0 Å². The Bertz CT molecular complexity index is 433. The Balaban J connectivity index is 2.79. The Morgan fingerprint density at radius 2 is 2.31 bits per heavy atom. The zero-order chi connectivity index (χ0) is 9.42. The fourth-order valence-electron chi connectivity index (χ4n) is 1.38. The summed E-state index contributed by atoms with van der Waals surface area (Å²) in [7, 11) is 0. The Hall–Kier alpha value is -1.06. The third-order valence-electron chi connectivity index (χ3n) is 2.01. The second-order valence-electron chi connectivity index (χ2n) is 3.06. The van der Waals surface area contributed by atoms with Gasteiger partial charge in [0.25, 0.3) is 0 Å². The summed E-state index contributed by atoms with van der Waals surface area (Å²) in [5, 5.41) is 8.63. The smallest absolute Gasteiger partial charge is 0.0939 e. The lowest BCUT2D eigenvalue weighted by molar-refractivity contribution is 0.779. The van der Waals surface area contributed by atoms with E-state index < -0.39 is 0 Å². The highest BCUT2D eigenvalue weighted by molar-refractivity contribution is 6.35. The van der Waals surface area contributed by atoms with Gasteiger partial charge in [-0.15, -0.1) is 0 Å². The lowest BCUT2D eigenvalue weighted by atomic mass is 10.1. The normalized spacial score (nSPS) is 13.5. The molecule has 1 heterocycles. The van der Waals surface area contributed by atoms with Gasteiger partial charge < -0.3 is 5.73 Å². The van der Waals surface area contributed by atoms with Crippen LogP contribution in [0.4, 0.5) is 0 Å². The molecular formula is C9H10ClN3. The number of nitrogens with zero attached hydrogens (tertiary/aromatic N) is 1. The van der Waals surface area contributed by atoms with Crippen molar-refractivity contribution in [2.24, 2.45) is 5.73 Å². The van der Waals surface area contributed by atoms with Gasteiger partial charge >= 0.3 is 0 Å². The van der Waals surface area contributed by atoms with E-state index in [1.165, 1.54) is 0 Å². The summed E-state index contributed by atoms with van der Waals surface area (Å²) >= 11 is 6.03. The number of halogens is 1. The molecule has 1 unspecified atom stereocenters. The molecule has 2 rings (SSSR count). The molecule has 0 saturated heterocycles. The Morgan fingerprint density at radius 1 is 1.54 bits per heavy atom. The Labute approximate surface area is 80.9 Å². The highest BCUT2D eigenvalue weighted by atomic mass is 35.5. The summed E-state index contributed by atoms with van der Waals surface area (Å²) in [4.78, 5) is 0. The summed E-state index contributed by atoms with van der Waals surface area (Å²) < 4.78 is 0. The molecule has 0 spiro atoms. The van der Waals surface area contributed by atoms with Gasteiger partial charge in [-0.25, -0.2) is 0 Å². The van der Waals surface area contributed by atoms with Crippen LogP contribution in [0.15, 0.2) is 18.2 Å². The lowest BCUT2D eigenvalue weighted by Crippen LogP contribution is -2.05. The van der Waals surface area contributed by atoms with E-state index in [1.807, 2.05) is 25.1 Å². The second-order valence-corrected chi connectivity index (χ2v) is 3.47. The van der Waals surface area contributed by atoms with Crippen molar-refractivity contribution >= 4 is 22.5 Å². The van der Waals surface area contributed by atoms with Crippen LogP contribution in [0.2, 0.25) is 5.02 Å². The number of fused-ring (bicyclic) bond motifs is 1. The van der Waals surface area contributed by atoms with Crippen LogP contribution in [-0.4, -0.2) is 10.2 Å². The Kier molecular flexibility index (Phi) is 1.98. The predicted molar refractivity (Wildman–Crippen MR) is 53.7 cm³/mol. The third kappa shape index (κ3) is 1.30. The highest BCUT2D eigenvalue weighted by Crippen LogP contribution is 2.27. The van der Waals surface area contributed by atoms with Gasteiger partial charge in [-0.2, -0.15) is 5.10 Å². The van der Waals surface area contributed by atoms with Gasteiger partial charge in [0, 0.05) is 11.4 Å². The fraction of sp³-hybridized carbons (Fsp3) is 0.222. The van der Waals surface area contributed by atoms with Crippen LogP contribution in [0, 0.1) is 0 Å². The molecule has 1 aromatic carbocycles. The summed E-state index contributed by atoms with van der Waals surface area (Å²) in [5.74, 6) is 0. The molecule has 0 aliphatic carbocycles. The van der Waals surface area contributed by atoms with Gasteiger partial charge in [0.15, 0.2) is 0 Å². The number of H-pyrrole nitrogens is 1. The zero-order valence-corrected chi connectivity index (χ0v) is 7.97. The first-order valence-electron chi connectivity index (χ1n) is 4.08. The molecule has 0 radical (unpaired) electrons. The van der Waals surface area contributed by atoms with Crippen LogP contribution in [0.1, 0.15) is 18.7 Å². The predicted octanol–water partition coefficient (Wildman–Crippen LogP) is 2.24. The van der Waals surface area contributed by atoms with Gasteiger partial charge in [-0.05, 0) is 19.1 Å². The van der Waals surface area contributed by atoms with Crippen molar-refractivity contribution in [1.29, 1.82) is 0 Å². The van der Waals surface area contributed by atoms with E-state index in [0.29, 0.717) is 5.02 Å². The number of nitrogens with two attached hydrogens (primary N) is 1. The second kappa shape index (κ2) is 3.01. The summed E-state index contributed by atoms with van der Waals surface area (Å²) in [6.45, 7) is 1.90. The largest absolute Gasteiger partial charge is 0.323 e. The first-order chi connectivity index (χ1) is 6.20. The van der Waals surface area contributed by atoms with Crippen LogP contribution in [-0.2, 0) is 0 Å². The van der Waals surface area contributed by atoms with E-state index in [1.54, 1.807) is 0 Å². The molecule has 0 fully saturated rings. The molecule has 68 valence electrons. The summed E-state index contributed by atoms with van der Waals surface area (Å²) in [6.07, 6.45) is 0. The standard InChI is InChI=1S/C9H10ClN3/c1-5(11)9-8-6(10)3-2-4-7(8)12-13-9/h2-5H,11H2,1H3,(H,12,13). The summed E-state index contributed by atoms with van der Waals surface area (Å²) in [6, 6.07) is 5.54. The molecule has 0 amide bonds. The lowest BCUT2D eigenvalue weighted by Gasteiger charge is -2.02. The molecule has 0 aliphatic rings. The summed E-state index contributed by atoms with van der Waals surface area (Å²) in [5.41, 5.74) is 7.51. The average Bonchev–Trinajstić information content (AvgIpc) is 2.49. The Morgan fingerprint density at radius 3 is 3.00 bits per heavy atom. The van der Waals surface area contributed by atoms with Gasteiger partial charge in [0.1, 0.15) is 0 Å². The molecule has 13 heavy (non-hydrogen) atoms. The van der Waals surface area contributed by atoms with Crippen molar-refractivity contribution in [3.8, 4) is 0 Å². The number of rotatable bonds is 1. The molecule has 0 saturated carbocycles. The monoisotopic (exact) mass is 195 g/mol. The number of hydrogen-bond acceptors (Lipinski definition) is 2. The molecule has 2 aromatic rings. The average molecular weight is 196 g/mol. The van der Waals surface area contributed by atoms with Gasteiger partial charge in [-0.1, -0.05) is 17.7 Å². The van der Waals surface area contributed by atoms with E-state index in [2.05, 4.69) is 10.2 Å². The molecule has 0 bridgehead atoms. The van der Waals surface area contributed by atoms with Gasteiger partial charge in [0.2, 0.25) is 0 Å². The van der Waals surface area contributed by atoms with Crippen molar-refractivity contribution in [3.63, 3.8) is 0 Å². The number of aromatic nitrogens is 2. The minimum atomic E-state index is -0.0788. The van der Waals surface area contributed by atoms with E-state index in [-0.39, 0.29) is 6.04 Å². The quantitative estimate of drug-likeness (QED) is 0.733. The van der Waals surface area contributed by atoms with E-state index in [0.717, 1.165) is 16.6 Å². The minimum absolute atomic E-state index is 0.0788. The minimum Gasteiger partial charge on any atom is -0.323 e. The number of hydrogen-bond donors (Lipinski definition) is 2. The number of aromatic amines is 1. The highest BCUT2D eigenvalue weighted by Gasteiger charge is 2.11.